The highest BCUT2D eigenvalue weighted by Crippen LogP contribution is 2.08. The first-order chi connectivity index (χ1) is 7.74. The van der Waals surface area contributed by atoms with Gasteiger partial charge in [-0.1, -0.05) is 0 Å². The zero-order valence-electron chi connectivity index (χ0n) is 7.91. The van der Waals surface area contributed by atoms with E-state index in [0.29, 0.717) is 12.1 Å². The van der Waals surface area contributed by atoms with Gasteiger partial charge in [-0.15, -0.1) is 10.2 Å². The summed E-state index contributed by atoms with van der Waals surface area (Å²) in [4.78, 5) is 21.4. The minimum absolute atomic E-state index is 0.0419. The lowest BCUT2D eigenvalue weighted by Gasteiger charge is -2.05. The van der Waals surface area contributed by atoms with Crippen molar-refractivity contribution in [3.05, 3.63) is 18.0 Å². The molecule has 4 N–H and O–H groups in total. The third-order valence-corrected chi connectivity index (χ3v) is 1.81. The summed E-state index contributed by atoms with van der Waals surface area (Å²) in [5, 5.41) is 11.2. The SMILES string of the molecule is Nc1c(C(=O)NNC=O)nnc2ccnn12. The highest BCUT2D eigenvalue weighted by Gasteiger charge is 2.15. The molecule has 2 amide bonds. The molecular weight excluding hydrogens is 214 g/mol. The number of carbonyl (C=O) groups is 2. The number of hydrazine groups is 1. The monoisotopic (exact) mass is 221 g/mol. The van der Waals surface area contributed by atoms with Crippen LogP contribution in [-0.2, 0) is 4.79 Å². The predicted octanol–water partition coefficient (Wildman–Crippen LogP) is -1.90. The van der Waals surface area contributed by atoms with Crippen LogP contribution in [0.1, 0.15) is 10.5 Å². The maximum atomic E-state index is 11.4. The van der Waals surface area contributed by atoms with Crippen molar-refractivity contribution in [1.29, 1.82) is 0 Å². The standard InChI is InChI=1S/C7H7N7O2/c8-6-5(7(16)13-9-3-15)12-11-4-1-2-10-14(4)6/h1-3H,8H2,(H,9,15)(H,13,16). The summed E-state index contributed by atoms with van der Waals surface area (Å²) < 4.78 is 1.27. The zero-order valence-corrected chi connectivity index (χ0v) is 7.91. The van der Waals surface area contributed by atoms with E-state index in [1.807, 2.05) is 5.43 Å². The van der Waals surface area contributed by atoms with Crippen LogP contribution in [0.25, 0.3) is 5.65 Å². The van der Waals surface area contributed by atoms with Crippen LogP contribution in [0.15, 0.2) is 12.3 Å². The molecule has 0 aromatic carbocycles. The molecule has 2 aromatic heterocycles. The molecule has 9 heteroatoms. The van der Waals surface area contributed by atoms with Crippen molar-refractivity contribution in [3.8, 4) is 0 Å². The summed E-state index contributed by atoms with van der Waals surface area (Å²) in [6.07, 6.45) is 1.79. The Morgan fingerprint density at radius 2 is 2.31 bits per heavy atom. The molecule has 0 saturated heterocycles. The summed E-state index contributed by atoms with van der Waals surface area (Å²) >= 11 is 0. The number of nitrogens with two attached hydrogens (primary N) is 1. The normalized spacial score (nSPS) is 10.0. The van der Waals surface area contributed by atoms with E-state index in [-0.39, 0.29) is 11.5 Å². The second kappa shape index (κ2) is 3.81. The van der Waals surface area contributed by atoms with Gasteiger partial charge in [0.05, 0.1) is 6.20 Å². The highest BCUT2D eigenvalue weighted by atomic mass is 16.2. The first-order valence-electron chi connectivity index (χ1n) is 4.19. The fourth-order valence-electron chi connectivity index (χ4n) is 1.13. The zero-order chi connectivity index (χ0) is 11.5. The first-order valence-corrected chi connectivity index (χ1v) is 4.19. The van der Waals surface area contributed by atoms with Crippen LogP contribution in [0.4, 0.5) is 5.82 Å². The van der Waals surface area contributed by atoms with Crippen LogP contribution in [-0.4, -0.2) is 32.1 Å². The van der Waals surface area contributed by atoms with Crippen molar-refractivity contribution in [2.75, 3.05) is 5.73 Å². The minimum atomic E-state index is -0.672. The van der Waals surface area contributed by atoms with Crippen molar-refractivity contribution < 1.29 is 9.59 Å². The number of amides is 2. The van der Waals surface area contributed by atoms with Gasteiger partial charge in [-0.05, 0) is 0 Å². The predicted molar refractivity (Wildman–Crippen MR) is 51.9 cm³/mol. The van der Waals surface area contributed by atoms with Gasteiger partial charge in [-0.25, -0.2) is 0 Å². The summed E-state index contributed by atoms with van der Waals surface area (Å²) in [6.45, 7) is 0. The Kier molecular flexibility index (Phi) is 2.34. The quantitative estimate of drug-likeness (QED) is 0.410. The van der Waals surface area contributed by atoms with Gasteiger partial charge < -0.3 is 5.73 Å². The average molecular weight is 221 g/mol. The number of hydrogen-bond donors (Lipinski definition) is 3. The van der Waals surface area contributed by atoms with E-state index in [1.165, 1.54) is 10.7 Å². The van der Waals surface area contributed by atoms with Crippen LogP contribution < -0.4 is 16.6 Å². The van der Waals surface area contributed by atoms with E-state index in [9.17, 15) is 9.59 Å². The number of nitrogen functional groups attached to an aromatic ring is 1. The molecule has 0 saturated carbocycles. The Hall–Kier alpha value is -2.71. The molecule has 0 fully saturated rings. The molecule has 2 aromatic rings. The Bertz CT molecular complexity index is 549. The number of nitrogens with zero attached hydrogens (tertiary/aromatic N) is 4. The molecule has 0 aliphatic heterocycles. The Labute approximate surface area is 88.6 Å². The van der Waals surface area contributed by atoms with E-state index in [1.54, 1.807) is 6.07 Å². The number of anilines is 1. The molecular formula is C7H7N7O2. The number of carbonyl (C=O) groups excluding carboxylic acids is 2. The van der Waals surface area contributed by atoms with E-state index >= 15 is 0 Å². The van der Waals surface area contributed by atoms with Crippen molar-refractivity contribution in [1.82, 2.24) is 30.7 Å². The van der Waals surface area contributed by atoms with Crippen LogP contribution in [0.5, 0.6) is 0 Å². The molecule has 9 nitrogen and oxygen atoms in total. The minimum Gasteiger partial charge on any atom is -0.382 e. The first kappa shape index (κ1) is 9.83. The van der Waals surface area contributed by atoms with Gasteiger partial charge in [0.2, 0.25) is 6.41 Å². The van der Waals surface area contributed by atoms with Crippen molar-refractivity contribution >= 4 is 23.8 Å². The molecule has 0 bridgehead atoms. The molecule has 0 radical (unpaired) electrons. The lowest BCUT2D eigenvalue weighted by atomic mass is 10.4. The van der Waals surface area contributed by atoms with Gasteiger partial charge in [0.15, 0.2) is 17.2 Å². The van der Waals surface area contributed by atoms with Crippen molar-refractivity contribution in [2.45, 2.75) is 0 Å². The van der Waals surface area contributed by atoms with Crippen LogP contribution >= 0.6 is 0 Å². The molecule has 2 rings (SSSR count). The fraction of sp³-hybridized carbons (Fsp3) is 0. The van der Waals surface area contributed by atoms with Gasteiger partial charge in [-0.2, -0.15) is 9.61 Å². The Morgan fingerprint density at radius 1 is 1.50 bits per heavy atom. The topological polar surface area (TPSA) is 127 Å². The third kappa shape index (κ3) is 1.49. The maximum absolute atomic E-state index is 11.4. The third-order valence-electron chi connectivity index (χ3n) is 1.81. The van der Waals surface area contributed by atoms with Crippen LogP contribution in [0.2, 0.25) is 0 Å². The van der Waals surface area contributed by atoms with Crippen LogP contribution in [0, 0.1) is 0 Å². The molecule has 16 heavy (non-hydrogen) atoms. The highest BCUT2D eigenvalue weighted by molar-refractivity contribution is 5.96. The maximum Gasteiger partial charge on any atom is 0.294 e. The second-order valence-electron chi connectivity index (χ2n) is 2.75. The molecule has 0 aliphatic carbocycles. The Morgan fingerprint density at radius 3 is 3.06 bits per heavy atom. The summed E-state index contributed by atoms with van der Waals surface area (Å²) in [5.41, 5.74) is 10.0. The number of nitrogens with one attached hydrogen (secondary N) is 2. The summed E-state index contributed by atoms with van der Waals surface area (Å²) in [7, 11) is 0. The van der Waals surface area contributed by atoms with Crippen molar-refractivity contribution in [3.63, 3.8) is 0 Å². The summed E-state index contributed by atoms with van der Waals surface area (Å²) in [6, 6.07) is 1.59. The van der Waals surface area contributed by atoms with Gasteiger partial charge in [-0.3, -0.25) is 20.4 Å². The average Bonchev–Trinajstić information content (AvgIpc) is 2.75. The number of rotatable bonds is 3. The summed E-state index contributed by atoms with van der Waals surface area (Å²) in [5.74, 6) is -0.630. The van der Waals surface area contributed by atoms with E-state index < -0.39 is 5.91 Å². The van der Waals surface area contributed by atoms with E-state index in [4.69, 9.17) is 5.73 Å². The fourth-order valence-corrected chi connectivity index (χ4v) is 1.13. The van der Waals surface area contributed by atoms with Crippen LogP contribution in [0.3, 0.4) is 0 Å². The molecule has 2 heterocycles. The smallest absolute Gasteiger partial charge is 0.294 e. The van der Waals surface area contributed by atoms with Gasteiger partial charge in [0.1, 0.15) is 0 Å². The van der Waals surface area contributed by atoms with E-state index in [0.717, 1.165) is 0 Å². The molecule has 0 unspecified atom stereocenters. The van der Waals surface area contributed by atoms with E-state index in [2.05, 4.69) is 20.7 Å². The second-order valence-corrected chi connectivity index (χ2v) is 2.75. The number of fused-ring (bicyclic) bond motifs is 1. The number of hydrogen-bond acceptors (Lipinski definition) is 6. The molecule has 82 valence electrons. The van der Waals surface area contributed by atoms with Gasteiger partial charge in [0.25, 0.3) is 5.91 Å². The van der Waals surface area contributed by atoms with Gasteiger partial charge >= 0.3 is 0 Å². The van der Waals surface area contributed by atoms with Gasteiger partial charge in [0, 0.05) is 6.07 Å². The lowest BCUT2D eigenvalue weighted by molar-refractivity contribution is -0.110. The Balaban J connectivity index is 2.40. The largest absolute Gasteiger partial charge is 0.382 e. The number of aromatic nitrogens is 4. The molecule has 0 spiro atoms. The molecule has 0 aliphatic rings. The van der Waals surface area contributed by atoms with Crippen molar-refractivity contribution in [2.24, 2.45) is 0 Å². The lowest BCUT2D eigenvalue weighted by Crippen LogP contribution is -2.37. The molecule has 0 atom stereocenters.